The predicted octanol–water partition coefficient (Wildman–Crippen LogP) is 6.91. The van der Waals surface area contributed by atoms with Crippen molar-refractivity contribution in [1.29, 1.82) is 0 Å². The fourth-order valence-corrected chi connectivity index (χ4v) is 6.98. The maximum Gasteiger partial charge on any atom is 0.405 e. The highest BCUT2D eigenvalue weighted by molar-refractivity contribution is 7.97. The van der Waals surface area contributed by atoms with Crippen molar-refractivity contribution in [3.63, 3.8) is 0 Å². The summed E-state index contributed by atoms with van der Waals surface area (Å²) in [5.41, 5.74) is 0.879. The third-order valence-electron chi connectivity index (χ3n) is 6.78. The van der Waals surface area contributed by atoms with Crippen LogP contribution in [0.25, 0.3) is 0 Å². The van der Waals surface area contributed by atoms with Crippen LogP contribution in [0.1, 0.15) is 40.2 Å². The van der Waals surface area contributed by atoms with E-state index in [0.717, 1.165) is 27.2 Å². The van der Waals surface area contributed by atoms with Gasteiger partial charge in [0.2, 0.25) is 0 Å². The van der Waals surface area contributed by atoms with Crippen LogP contribution >= 0.6 is 0 Å². The van der Waals surface area contributed by atoms with Crippen LogP contribution in [0.2, 0.25) is 0 Å². The molecular formula is C30H35F2O6S2+. The summed E-state index contributed by atoms with van der Waals surface area (Å²) < 4.78 is 76.8. The molecule has 0 aromatic heterocycles. The van der Waals surface area contributed by atoms with Crippen molar-refractivity contribution in [3.8, 4) is 5.75 Å². The van der Waals surface area contributed by atoms with Gasteiger partial charge in [0.05, 0.1) is 24.1 Å². The van der Waals surface area contributed by atoms with Gasteiger partial charge in [-0.2, -0.15) is 17.2 Å². The number of rotatable bonds is 9. The number of ether oxygens (including phenoxy) is 3. The SMILES string of the molecule is CC(C)C1(c2ccc([S+](c3ccccc3)c3ccc(OC(C)C(F)(F)S(=O)(=O)O)cc3)cc2)OCC(C)(C)CO1. The van der Waals surface area contributed by atoms with Gasteiger partial charge < -0.3 is 14.2 Å². The Hall–Kier alpha value is -2.50. The van der Waals surface area contributed by atoms with Crippen molar-refractivity contribution in [2.45, 2.75) is 66.5 Å². The van der Waals surface area contributed by atoms with Crippen molar-refractivity contribution in [2.75, 3.05) is 13.2 Å². The number of hydrogen-bond acceptors (Lipinski definition) is 5. The highest BCUT2D eigenvalue weighted by Crippen LogP contribution is 2.43. The Balaban J connectivity index is 1.64. The first-order valence-electron chi connectivity index (χ1n) is 13.0. The molecule has 216 valence electrons. The lowest BCUT2D eigenvalue weighted by molar-refractivity contribution is -0.328. The molecule has 0 radical (unpaired) electrons. The molecule has 1 saturated heterocycles. The molecule has 1 heterocycles. The lowest BCUT2D eigenvalue weighted by atomic mass is 9.89. The summed E-state index contributed by atoms with van der Waals surface area (Å²) in [4.78, 5) is 3.00. The Labute approximate surface area is 237 Å². The van der Waals surface area contributed by atoms with Gasteiger partial charge in [0.25, 0.3) is 0 Å². The smallest absolute Gasteiger partial charge is 0.405 e. The van der Waals surface area contributed by atoms with Crippen LogP contribution in [-0.4, -0.2) is 37.5 Å². The molecule has 0 amide bonds. The highest BCUT2D eigenvalue weighted by Gasteiger charge is 2.51. The molecule has 1 N–H and O–H groups in total. The molecule has 2 atom stereocenters. The molecule has 0 spiro atoms. The Morgan fingerprint density at radius 1 is 0.850 bits per heavy atom. The number of benzene rings is 3. The van der Waals surface area contributed by atoms with Gasteiger partial charge in [-0.25, -0.2) is 0 Å². The quantitative estimate of drug-likeness (QED) is 0.214. The largest absolute Gasteiger partial charge is 0.483 e. The standard InChI is InChI=1S/C30H34F2O6S2/c1-21(2)29(36-19-28(4,5)20-37-29)23-11-15-26(16-12-23)39(25-9-7-6-8-10-25)27-17-13-24(14-18-27)38-22(3)30(31,32)40(33,34)35/h6-18,21-22H,19-20H2,1-5H3/p+1. The molecule has 6 nitrogen and oxygen atoms in total. The first kappa shape index (κ1) is 30.5. The Morgan fingerprint density at radius 2 is 1.32 bits per heavy atom. The van der Waals surface area contributed by atoms with Crippen LogP contribution in [0.3, 0.4) is 0 Å². The van der Waals surface area contributed by atoms with Crippen LogP contribution in [-0.2, 0) is 36.3 Å². The van der Waals surface area contributed by atoms with Gasteiger partial charge in [-0.1, -0.05) is 45.9 Å². The zero-order valence-corrected chi connectivity index (χ0v) is 24.8. The van der Waals surface area contributed by atoms with E-state index >= 15 is 0 Å². The van der Waals surface area contributed by atoms with Crippen molar-refractivity contribution < 1.29 is 36.0 Å². The van der Waals surface area contributed by atoms with E-state index in [9.17, 15) is 17.2 Å². The monoisotopic (exact) mass is 593 g/mol. The third-order valence-corrected chi connectivity index (χ3v) is 10.0. The second-order valence-electron chi connectivity index (χ2n) is 11.0. The highest BCUT2D eigenvalue weighted by atomic mass is 32.2. The molecule has 0 bridgehead atoms. The minimum atomic E-state index is -5.62. The van der Waals surface area contributed by atoms with E-state index in [-0.39, 0.29) is 17.1 Å². The summed E-state index contributed by atoms with van der Waals surface area (Å²) in [6.45, 7) is 10.5. The summed E-state index contributed by atoms with van der Waals surface area (Å²) in [5, 5.41) is -4.45. The number of hydrogen-bond donors (Lipinski definition) is 1. The second kappa shape index (κ2) is 11.4. The van der Waals surface area contributed by atoms with Crippen LogP contribution in [0, 0.1) is 11.3 Å². The summed E-state index contributed by atoms with van der Waals surface area (Å²) in [7, 11) is -6.16. The van der Waals surface area contributed by atoms with E-state index in [1.165, 1.54) is 12.1 Å². The average Bonchev–Trinajstić information content (AvgIpc) is 2.90. The predicted molar refractivity (Wildman–Crippen MR) is 150 cm³/mol. The van der Waals surface area contributed by atoms with Crippen LogP contribution < -0.4 is 4.74 Å². The van der Waals surface area contributed by atoms with E-state index in [1.54, 1.807) is 12.1 Å². The van der Waals surface area contributed by atoms with Crippen LogP contribution in [0.4, 0.5) is 8.78 Å². The minimum Gasteiger partial charge on any atom is -0.483 e. The van der Waals surface area contributed by atoms with E-state index in [1.807, 2.05) is 42.5 Å². The molecule has 2 unspecified atom stereocenters. The number of alkyl halides is 2. The summed E-state index contributed by atoms with van der Waals surface area (Å²) in [5.74, 6) is -0.691. The van der Waals surface area contributed by atoms with Gasteiger partial charge >= 0.3 is 15.4 Å². The van der Waals surface area contributed by atoms with Crippen molar-refractivity contribution in [3.05, 3.63) is 84.4 Å². The van der Waals surface area contributed by atoms with Crippen molar-refractivity contribution >= 4 is 21.0 Å². The van der Waals surface area contributed by atoms with E-state index < -0.39 is 38.2 Å². The molecule has 1 aliphatic heterocycles. The first-order valence-corrected chi connectivity index (χ1v) is 15.6. The van der Waals surface area contributed by atoms with Gasteiger partial charge in [-0.15, -0.1) is 0 Å². The first-order chi connectivity index (χ1) is 18.7. The third kappa shape index (κ3) is 6.21. The zero-order chi connectivity index (χ0) is 29.3. The average molecular weight is 594 g/mol. The Morgan fingerprint density at radius 3 is 1.80 bits per heavy atom. The van der Waals surface area contributed by atoms with Crippen molar-refractivity contribution in [2.24, 2.45) is 11.3 Å². The lowest BCUT2D eigenvalue weighted by Gasteiger charge is -2.46. The van der Waals surface area contributed by atoms with Crippen molar-refractivity contribution in [1.82, 2.24) is 0 Å². The molecular weight excluding hydrogens is 558 g/mol. The van der Waals surface area contributed by atoms with Gasteiger partial charge in [0.15, 0.2) is 26.6 Å². The molecule has 10 heteroatoms. The van der Waals surface area contributed by atoms with Gasteiger partial charge in [-0.05, 0) is 67.6 Å². The zero-order valence-electron chi connectivity index (χ0n) is 23.1. The normalized spacial score (nSPS) is 18.7. The molecule has 1 aliphatic rings. The van der Waals surface area contributed by atoms with Crippen LogP contribution in [0.5, 0.6) is 5.75 Å². The number of halogens is 2. The minimum absolute atomic E-state index is 0.0555. The maximum atomic E-state index is 14.0. The Kier molecular flexibility index (Phi) is 8.69. The van der Waals surface area contributed by atoms with E-state index in [4.69, 9.17) is 18.8 Å². The second-order valence-corrected chi connectivity index (χ2v) is 14.5. The van der Waals surface area contributed by atoms with Crippen LogP contribution in [0.15, 0.2) is 93.5 Å². The molecule has 3 aromatic carbocycles. The summed E-state index contributed by atoms with van der Waals surface area (Å²) in [6, 6.07) is 24.7. The molecule has 0 saturated carbocycles. The maximum absolute atomic E-state index is 14.0. The molecule has 1 fully saturated rings. The lowest BCUT2D eigenvalue weighted by Crippen LogP contribution is -2.48. The van der Waals surface area contributed by atoms with Gasteiger partial charge in [0.1, 0.15) is 5.75 Å². The summed E-state index contributed by atoms with van der Waals surface area (Å²) >= 11 is 0. The molecule has 0 aliphatic carbocycles. The fraction of sp³-hybridized carbons (Fsp3) is 0.400. The Bertz CT molecular complexity index is 1380. The fourth-order valence-electron chi connectivity index (χ4n) is 4.45. The van der Waals surface area contributed by atoms with Gasteiger partial charge in [-0.3, -0.25) is 4.55 Å². The molecule has 4 rings (SSSR count). The summed E-state index contributed by atoms with van der Waals surface area (Å²) in [6.07, 6.45) is -2.09. The molecule has 3 aromatic rings. The topological polar surface area (TPSA) is 82.1 Å². The van der Waals surface area contributed by atoms with E-state index in [0.29, 0.717) is 13.2 Å². The van der Waals surface area contributed by atoms with Gasteiger partial charge in [0, 0.05) is 16.9 Å². The molecule has 40 heavy (non-hydrogen) atoms. The van der Waals surface area contributed by atoms with E-state index in [2.05, 4.69) is 39.8 Å².